The van der Waals surface area contributed by atoms with Gasteiger partial charge in [0.1, 0.15) is 5.52 Å². The molecule has 6 nitrogen and oxygen atoms in total. The third kappa shape index (κ3) is 2.77. The van der Waals surface area contributed by atoms with Gasteiger partial charge in [-0.1, -0.05) is 30.9 Å². The molecule has 1 saturated carbocycles. The highest BCUT2D eigenvalue weighted by Crippen LogP contribution is 2.48. The van der Waals surface area contributed by atoms with Gasteiger partial charge in [-0.05, 0) is 18.9 Å². The number of anilines is 1. The van der Waals surface area contributed by atoms with E-state index in [-0.39, 0.29) is 25.7 Å². The van der Waals surface area contributed by atoms with Crippen molar-refractivity contribution in [3.63, 3.8) is 0 Å². The van der Waals surface area contributed by atoms with Crippen LogP contribution in [0.1, 0.15) is 43.6 Å². The van der Waals surface area contributed by atoms with E-state index in [2.05, 4.69) is 15.6 Å². The summed E-state index contributed by atoms with van der Waals surface area (Å²) in [5, 5.41) is 6.29. The number of rotatable bonds is 2. The molecular weight excluding hydrogens is 378 g/mol. The average molecular weight is 397 g/mol. The van der Waals surface area contributed by atoms with E-state index in [4.69, 9.17) is 16.0 Å². The zero-order chi connectivity index (χ0) is 18.8. The van der Waals surface area contributed by atoms with Crippen molar-refractivity contribution in [3.05, 3.63) is 22.5 Å². The maximum absolute atomic E-state index is 13.1. The third-order valence-electron chi connectivity index (χ3n) is 5.72. The minimum Gasteiger partial charge on any atom is -0.439 e. The number of carbonyl (C=O) groups is 1. The van der Waals surface area contributed by atoms with E-state index in [0.29, 0.717) is 27.7 Å². The number of urea groups is 1. The lowest BCUT2D eigenvalue weighted by atomic mass is 9.74. The van der Waals surface area contributed by atoms with Gasteiger partial charge < -0.3 is 15.1 Å². The number of halogens is 3. The smallest absolute Gasteiger partial charge is 0.319 e. The van der Waals surface area contributed by atoms with Crippen molar-refractivity contribution in [2.75, 3.05) is 18.4 Å². The predicted molar refractivity (Wildman–Crippen MR) is 96.2 cm³/mol. The summed E-state index contributed by atoms with van der Waals surface area (Å²) in [6, 6.07) is 1.39. The van der Waals surface area contributed by atoms with E-state index in [1.165, 1.54) is 0 Å². The van der Waals surface area contributed by atoms with E-state index in [0.717, 1.165) is 37.7 Å². The molecule has 27 heavy (non-hydrogen) atoms. The van der Waals surface area contributed by atoms with Gasteiger partial charge in [0.05, 0.1) is 35.9 Å². The zero-order valence-corrected chi connectivity index (χ0v) is 15.3. The quantitative estimate of drug-likeness (QED) is 0.797. The van der Waals surface area contributed by atoms with E-state index in [1.54, 1.807) is 11.0 Å². The number of nitrogens with one attached hydrogen (secondary N) is 2. The predicted octanol–water partition coefficient (Wildman–Crippen LogP) is 4.23. The molecule has 0 unspecified atom stereocenters. The van der Waals surface area contributed by atoms with Crippen molar-refractivity contribution >= 4 is 34.4 Å². The van der Waals surface area contributed by atoms with Crippen molar-refractivity contribution in [1.82, 2.24) is 15.2 Å². The van der Waals surface area contributed by atoms with Gasteiger partial charge in [-0.15, -0.1) is 0 Å². The number of carbonyl (C=O) groups excluding carboxylic acids is 1. The van der Waals surface area contributed by atoms with Gasteiger partial charge >= 0.3 is 6.03 Å². The monoisotopic (exact) mass is 396 g/mol. The molecular formula is C18H19ClF2N4O2. The molecule has 1 aromatic heterocycles. The molecule has 2 fully saturated rings. The molecule has 2 aromatic rings. The minimum absolute atomic E-state index is 0.226. The lowest BCUT2D eigenvalue weighted by molar-refractivity contribution is -0.135. The van der Waals surface area contributed by atoms with Crippen LogP contribution in [0.4, 0.5) is 19.3 Å². The molecule has 5 rings (SSSR count). The lowest BCUT2D eigenvalue weighted by Gasteiger charge is -2.42. The highest BCUT2D eigenvalue weighted by Gasteiger charge is 2.45. The van der Waals surface area contributed by atoms with E-state index < -0.39 is 11.5 Å². The van der Waals surface area contributed by atoms with E-state index in [1.807, 2.05) is 0 Å². The number of oxazole rings is 1. The summed E-state index contributed by atoms with van der Waals surface area (Å²) in [6.07, 6.45) is 4.72. The van der Waals surface area contributed by atoms with Crippen molar-refractivity contribution in [1.29, 1.82) is 0 Å². The van der Waals surface area contributed by atoms with Crippen LogP contribution < -0.4 is 10.6 Å². The van der Waals surface area contributed by atoms with Gasteiger partial charge in [-0.2, -0.15) is 0 Å². The molecule has 2 amide bonds. The molecule has 9 heteroatoms. The summed E-state index contributed by atoms with van der Waals surface area (Å²) >= 11 is 6.45. The van der Waals surface area contributed by atoms with Crippen LogP contribution >= 0.6 is 11.6 Å². The molecule has 0 atom stereocenters. The van der Waals surface area contributed by atoms with E-state index >= 15 is 0 Å². The molecule has 1 aromatic carbocycles. The average Bonchev–Trinajstić information content (AvgIpc) is 2.95. The van der Waals surface area contributed by atoms with Crippen LogP contribution in [0.2, 0.25) is 5.02 Å². The van der Waals surface area contributed by atoms with Crippen LogP contribution in [-0.2, 0) is 12.1 Å². The highest BCUT2D eigenvalue weighted by atomic mass is 35.5. The summed E-state index contributed by atoms with van der Waals surface area (Å²) < 4.78 is 32.2. The first kappa shape index (κ1) is 17.2. The number of fused-ring (bicyclic) bond motifs is 4. The Bertz CT molecular complexity index is 931. The number of alkyl halides is 2. The Morgan fingerprint density at radius 3 is 2.70 bits per heavy atom. The topological polar surface area (TPSA) is 70.4 Å². The molecule has 2 N–H and O–H groups in total. The fourth-order valence-electron chi connectivity index (χ4n) is 4.59. The molecule has 1 saturated heterocycles. The van der Waals surface area contributed by atoms with Crippen LogP contribution in [0, 0.1) is 0 Å². The molecule has 0 bridgehead atoms. The molecule has 3 aliphatic rings. The second-order valence-corrected chi connectivity index (χ2v) is 8.19. The molecule has 0 radical (unpaired) electrons. The van der Waals surface area contributed by atoms with Gasteiger partial charge in [0.15, 0.2) is 5.58 Å². The molecule has 3 heterocycles. The zero-order valence-electron chi connectivity index (χ0n) is 14.6. The number of hydrogen-bond donors (Lipinski definition) is 2. The first-order chi connectivity index (χ1) is 12.9. The summed E-state index contributed by atoms with van der Waals surface area (Å²) in [4.78, 5) is 18.3. The number of amides is 2. The normalized spacial score (nSPS) is 23.6. The fraction of sp³-hybridized carbons (Fsp3) is 0.556. The Morgan fingerprint density at radius 2 is 2.00 bits per heavy atom. The first-order valence-electron chi connectivity index (χ1n) is 9.17. The number of likely N-dealkylation sites (tertiary alicyclic amines) is 1. The van der Waals surface area contributed by atoms with Crippen molar-refractivity contribution in [2.24, 2.45) is 0 Å². The molecule has 144 valence electrons. The van der Waals surface area contributed by atoms with Crippen molar-refractivity contribution in [2.45, 2.75) is 50.1 Å². The van der Waals surface area contributed by atoms with Crippen LogP contribution in [0.3, 0.4) is 0 Å². The maximum atomic E-state index is 13.1. The lowest BCUT2D eigenvalue weighted by Crippen LogP contribution is -2.55. The Morgan fingerprint density at radius 1 is 1.26 bits per heavy atom. The van der Waals surface area contributed by atoms with Crippen LogP contribution in [0.15, 0.2) is 10.5 Å². The summed E-state index contributed by atoms with van der Waals surface area (Å²) in [7, 11) is 0. The Labute approximate surface area is 159 Å². The second-order valence-electron chi connectivity index (χ2n) is 7.79. The second kappa shape index (κ2) is 5.78. The summed E-state index contributed by atoms with van der Waals surface area (Å²) in [5.41, 5.74) is 2.03. The van der Waals surface area contributed by atoms with Crippen LogP contribution in [-0.4, -0.2) is 34.9 Å². The number of nitrogens with zero attached hydrogens (tertiary/aromatic N) is 2. The van der Waals surface area contributed by atoms with Gasteiger partial charge in [-0.3, -0.25) is 4.90 Å². The minimum atomic E-state index is -2.63. The van der Waals surface area contributed by atoms with Gasteiger partial charge in [0.25, 0.3) is 5.92 Å². The number of benzene rings is 1. The Kier molecular flexibility index (Phi) is 3.68. The SMILES string of the molecule is O=C1Nc2c(Cl)cc3nc(CN4CC(F)(F)C4)oc3c2C2(CCCCC2)N1. The van der Waals surface area contributed by atoms with Crippen molar-refractivity contribution in [3.8, 4) is 0 Å². The third-order valence-corrected chi connectivity index (χ3v) is 6.02. The Balaban J connectivity index is 1.59. The van der Waals surface area contributed by atoms with Crippen molar-refractivity contribution < 1.29 is 18.0 Å². The first-order valence-corrected chi connectivity index (χ1v) is 9.55. The van der Waals surface area contributed by atoms with Gasteiger partial charge in [-0.25, -0.2) is 18.6 Å². The fourth-order valence-corrected chi connectivity index (χ4v) is 4.84. The standard InChI is InChI=1S/C18H19ClF2N4O2/c19-10-6-11-15(27-12(22-11)7-25-8-18(20,21)9-25)13-14(10)23-16(26)24-17(13)4-2-1-3-5-17/h6H,1-5,7-9H2,(H2,23,24,26). The highest BCUT2D eigenvalue weighted by molar-refractivity contribution is 6.35. The largest absolute Gasteiger partial charge is 0.439 e. The maximum Gasteiger partial charge on any atom is 0.319 e. The Hall–Kier alpha value is -1.93. The molecule has 1 spiro atoms. The van der Waals surface area contributed by atoms with E-state index in [9.17, 15) is 13.6 Å². The summed E-state index contributed by atoms with van der Waals surface area (Å²) in [5.74, 6) is -2.25. The van der Waals surface area contributed by atoms with Crippen LogP contribution in [0.5, 0.6) is 0 Å². The molecule has 2 aliphatic heterocycles. The van der Waals surface area contributed by atoms with Gasteiger partial charge in [0.2, 0.25) is 5.89 Å². The summed E-state index contributed by atoms with van der Waals surface area (Å²) in [6.45, 7) is -0.346. The number of hydrogen-bond acceptors (Lipinski definition) is 4. The molecule has 1 aliphatic carbocycles. The van der Waals surface area contributed by atoms with Gasteiger partial charge in [0, 0.05) is 5.56 Å². The van der Waals surface area contributed by atoms with Crippen LogP contribution in [0.25, 0.3) is 11.1 Å². The number of aromatic nitrogens is 1.